The zero-order valence-electron chi connectivity index (χ0n) is 15.7. The smallest absolute Gasteiger partial charge is 0.274 e. The minimum Gasteiger partial charge on any atom is -0.279 e. The first kappa shape index (κ1) is 17.7. The van der Waals surface area contributed by atoms with Gasteiger partial charge in [0.25, 0.3) is 5.56 Å². The van der Waals surface area contributed by atoms with Gasteiger partial charge in [-0.2, -0.15) is 5.10 Å². The minimum atomic E-state index is -0.0291. The van der Waals surface area contributed by atoms with Crippen LogP contribution in [0, 0.1) is 13.8 Å². The molecule has 0 N–H and O–H groups in total. The van der Waals surface area contributed by atoms with Crippen molar-refractivity contribution in [2.75, 3.05) is 11.6 Å². The van der Waals surface area contributed by atoms with E-state index in [4.69, 9.17) is 0 Å². The Kier molecular flexibility index (Phi) is 5.07. The number of anilines is 1. The Balaban J connectivity index is 1.98. The monoisotopic (exact) mass is 348 g/mol. The molecule has 3 aromatic rings. The topological polar surface area (TPSA) is 42.5 Å². The Morgan fingerprint density at radius 1 is 1.04 bits per heavy atom. The van der Waals surface area contributed by atoms with Crippen molar-refractivity contribution in [3.63, 3.8) is 0 Å². The number of aryl methyl sites for hydroxylation is 1. The molecule has 0 saturated heterocycles. The molecule has 5 nitrogen and oxygen atoms in total. The van der Waals surface area contributed by atoms with Gasteiger partial charge in [0.15, 0.2) is 0 Å². The fraction of sp³-hybridized carbons (Fsp3) is 0.238. The van der Waals surface area contributed by atoms with Gasteiger partial charge in [0.05, 0.1) is 23.3 Å². The normalized spacial score (nSPS) is 11.2. The Hall–Kier alpha value is -3.08. The van der Waals surface area contributed by atoms with Crippen molar-refractivity contribution in [1.82, 2.24) is 9.36 Å². The molecule has 134 valence electrons. The van der Waals surface area contributed by atoms with Crippen LogP contribution in [-0.4, -0.2) is 22.1 Å². The summed E-state index contributed by atoms with van der Waals surface area (Å²) in [6, 6.07) is 17.9. The highest BCUT2D eigenvalue weighted by Crippen LogP contribution is 2.15. The van der Waals surface area contributed by atoms with Crippen molar-refractivity contribution in [2.45, 2.75) is 20.8 Å². The summed E-state index contributed by atoms with van der Waals surface area (Å²) in [6.45, 7) is 6.70. The lowest BCUT2D eigenvalue weighted by atomic mass is 10.2. The van der Waals surface area contributed by atoms with Gasteiger partial charge in [0.1, 0.15) is 0 Å². The molecule has 0 amide bonds. The average Bonchev–Trinajstić information content (AvgIpc) is 2.87. The zero-order valence-corrected chi connectivity index (χ0v) is 15.7. The first-order valence-electron chi connectivity index (χ1n) is 8.75. The lowest BCUT2D eigenvalue weighted by molar-refractivity contribution is 0.642. The molecule has 0 atom stereocenters. The van der Waals surface area contributed by atoms with Gasteiger partial charge in [0, 0.05) is 19.2 Å². The van der Waals surface area contributed by atoms with E-state index in [9.17, 15) is 4.79 Å². The van der Waals surface area contributed by atoms with Gasteiger partial charge in [-0.25, -0.2) is 4.68 Å². The van der Waals surface area contributed by atoms with Crippen LogP contribution in [0.4, 0.5) is 5.69 Å². The third-order valence-electron chi connectivity index (χ3n) is 4.50. The van der Waals surface area contributed by atoms with Gasteiger partial charge < -0.3 is 0 Å². The second-order valence-corrected chi connectivity index (χ2v) is 6.28. The summed E-state index contributed by atoms with van der Waals surface area (Å²) in [6.07, 6.45) is 1.76. The third kappa shape index (κ3) is 3.33. The predicted octanol–water partition coefficient (Wildman–Crippen LogP) is 3.65. The van der Waals surface area contributed by atoms with E-state index in [-0.39, 0.29) is 5.56 Å². The van der Waals surface area contributed by atoms with Crippen LogP contribution in [0.5, 0.6) is 0 Å². The average molecular weight is 348 g/mol. The van der Waals surface area contributed by atoms with Gasteiger partial charge in [0.2, 0.25) is 0 Å². The van der Waals surface area contributed by atoms with E-state index in [1.54, 1.807) is 10.9 Å². The van der Waals surface area contributed by atoms with Gasteiger partial charge in [-0.3, -0.25) is 14.5 Å². The molecule has 1 aromatic heterocycles. The largest absolute Gasteiger partial charge is 0.279 e. The summed E-state index contributed by atoms with van der Waals surface area (Å²) in [7, 11) is 1.88. The van der Waals surface area contributed by atoms with Crippen molar-refractivity contribution in [3.05, 3.63) is 81.8 Å². The second kappa shape index (κ2) is 7.44. The van der Waals surface area contributed by atoms with Crippen molar-refractivity contribution >= 4 is 11.9 Å². The van der Waals surface area contributed by atoms with Gasteiger partial charge in [-0.1, -0.05) is 35.9 Å². The second-order valence-electron chi connectivity index (χ2n) is 6.28. The highest BCUT2D eigenvalue weighted by molar-refractivity contribution is 5.80. The molecule has 0 bridgehead atoms. The van der Waals surface area contributed by atoms with Gasteiger partial charge in [-0.05, 0) is 45.0 Å². The highest BCUT2D eigenvalue weighted by atomic mass is 16.1. The van der Waals surface area contributed by atoms with E-state index in [1.165, 1.54) is 5.56 Å². The fourth-order valence-corrected chi connectivity index (χ4v) is 2.97. The molecule has 5 heteroatoms. The molecule has 0 aliphatic carbocycles. The van der Waals surface area contributed by atoms with Gasteiger partial charge in [-0.15, -0.1) is 0 Å². The fourth-order valence-electron chi connectivity index (χ4n) is 2.97. The lowest BCUT2D eigenvalue weighted by Gasteiger charge is -2.17. The van der Waals surface area contributed by atoms with Crippen LogP contribution >= 0.6 is 0 Å². The Bertz CT molecular complexity index is 966. The first-order valence-corrected chi connectivity index (χ1v) is 8.75. The number of hydrazone groups is 1. The summed E-state index contributed by atoms with van der Waals surface area (Å²) in [4.78, 5) is 12.7. The number of rotatable bonds is 5. The molecular formula is C21H24N4O. The molecule has 26 heavy (non-hydrogen) atoms. The van der Waals surface area contributed by atoms with E-state index in [0.29, 0.717) is 5.56 Å². The summed E-state index contributed by atoms with van der Waals surface area (Å²) in [5.41, 5.74) is 4.53. The molecule has 0 aliphatic rings. The third-order valence-corrected chi connectivity index (χ3v) is 4.50. The van der Waals surface area contributed by atoms with Gasteiger partial charge >= 0.3 is 0 Å². The predicted molar refractivity (Wildman–Crippen MR) is 108 cm³/mol. The van der Waals surface area contributed by atoms with E-state index in [0.717, 1.165) is 23.6 Å². The number of hydrogen-bond donors (Lipinski definition) is 0. The quantitative estimate of drug-likeness (QED) is 0.522. The molecule has 0 radical (unpaired) electrons. The number of para-hydroxylation sites is 1. The zero-order chi connectivity index (χ0) is 18.7. The summed E-state index contributed by atoms with van der Waals surface area (Å²) in [5.74, 6) is 0. The van der Waals surface area contributed by atoms with Crippen LogP contribution < -0.4 is 10.6 Å². The van der Waals surface area contributed by atoms with Crippen LogP contribution in [0.15, 0.2) is 64.5 Å². The molecule has 2 aromatic carbocycles. The molecule has 0 spiro atoms. The van der Waals surface area contributed by atoms with E-state index in [2.05, 4.69) is 43.2 Å². The molecule has 0 saturated carbocycles. The molecule has 0 fully saturated rings. The summed E-state index contributed by atoms with van der Waals surface area (Å²) < 4.78 is 3.51. The Morgan fingerprint density at radius 2 is 1.69 bits per heavy atom. The van der Waals surface area contributed by atoms with Crippen molar-refractivity contribution < 1.29 is 0 Å². The number of aromatic nitrogens is 2. The molecule has 0 unspecified atom stereocenters. The maximum atomic E-state index is 12.7. The summed E-state index contributed by atoms with van der Waals surface area (Å²) in [5, 5.41) is 6.54. The van der Waals surface area contributed by atoms with Crippen molar-refractivity contribution in [3.8, 4) is 5.69 Å². The lowest BCUT2D eigenvalue weighted by Crippen LogP contribution is -2.20. The highest BCUT2D eigenvalue weighted by Gasteiger charge is 2.14. The first-order chi connectivity index (χ1) is 12.5. The van der Waals surface area contributed by atoms with Crippen LogP contribution in [0.2, 0.25) is 0 Å². The number of benzene rings is 2. The number of hydrogen-bond acceptors (Lipinski definition) is 3. The van der Waals surface area contributed by atoms with Crippen LogP contribution in [0.25, 0.3) is 5.69 Å². The maximum absolute atomic E-state index is 12.7. The van der Waals surface area contributed by atoms with E-state index < -0.39 is 0 Å². The SMILES string of the molecule is CCN(/N=C/c1c(C)c(=O)n(-c2ccccc2)n1C)c1ccc(C)cc1. The van der Waals surface area contributed by atoms with Crippen LogP contribution in [0.3, 0.4) is 0 Å². The maximum Gasteiger partial charge on any atom is 0.274 e. The Morgan fingerprint density at radius 3 is 2.31 bits per heavy atom. The van der Waals surface area contributed by atoms with E-state index >= 15 is 0 Å². The van der Waals surface area contributed by atoms with Crippen LogP contribution in [-0.2, 0) is 7.05 Å². The van der Waals surface area contributed by atoms with Crippen molar-refractivity contribution in [2.24, 2.45) is 12.1 Å². The molecule has 1 heterocycles. The number of nitrogens with zero attached hydrogens (tertiary/aromatic N) is 4. The van der Waals surface area contributed by atoms with E-state index in [1.807, 2.05) is 54.0 Å². The summed E-state index contributed by atoms with van der Waals surface area (Å²) >= 11 is 0. The van der Waals surface area contributed by atoms with Crippen molar-refractivity contribution in [1.29, 1.82) is 0 Å². The molecule has 3 rings (SSSR count). The van der Waals surface area contributed by atoms with Crippen LogP contribution in [0.1, 0.15) is 23.7 Å². The minimum absolute atomic E-state index is 0.0291. The Labute approximate surface area is 153 Å². The molecular weight excluding hydrogens is 324 g/mol. The standard InChI is InChI=1S/C21H24N4O/c1-5-24(18-13-11-16(2)12-14-18)22-15-20-17(3)21(26)25(23(20)4)19-9-7-6-8-10-19/h6-15H,5H2,1-4H3/b22-15+. The molecule has 0 aliphatic heterocycles.